The van der Waals surface area contributed by atoms with E-state index in [9.17, 15) is 9.59 Å². The van der Waals surface area contributed by atoms with Crippen LogP contribution in [0.2, 0.25) is 0 Å². The monoisotopic (exact) mass is 397 g/mol. The van der Waals surface area contributed by atoms with E-state index in [4.69, 9.17) is 5.11 Å². The summed E-state index contributed by atoms with van der Waals surface area (Å²) < 4.78 is 1.07. The van der Waals surface area contributed by atoms with E-state index in [0.717, 1.165) is 28.5 Å². The number of hydrogen-bond donors (Lipinski definition) is 2. The molecule has 2 saturated carbocycles. The molecule has 2 fully saturated rings. The number of carboxylic acids is 1. The minimum Gasteiger partial charge on any atom is -0.481 e. The fraction of sp³-hybridized carbons (Fsp3) is 0.478. The van der Waals surface area contributed by atoms with Crippen LogP contribution in [0.25, 0.3) is 10.1 Å². The first-order valence-corrected chi connectivity index (χ1v) is 11.2. The molecule has 1 aromatic carbocycles. The van der Waals surface area contributed by atoms with Gasteiger partial charge in [-0.25, -0.2) is 0 Å². The number of aliphatic carboxylic acids is 1. The number of amides is 1. The number of carboxylic acid groups (broad SMARTS) is 1. The lowest BCUT2D eigenvalue weighted by molar-refractivity contribution is -0.137. The van der Waals surface area contributed by atoms with Gasteiger partial charge in [0, 0.05) is 17.2 Å². The van der Waals surface area contributed by atoms with Crippen molar-refractivity contribution < 1.29 is 14.7 Å². The van der Waals surface area contributed by atoms with Crippen LogP contribution in [0.5, 0.6) is 0 Å². The second kappa shape index (κ2) is 8.48. The zero-order valence-corrected chi connectivity index (χ0v) is 16.8. The molecule has 1 heterocycles. The molecule has 4 rings (SSSR count). The molecule has 28 heavy (non-hydrogen) atoms. The second-order valence-electron chi connectivity index (χ2n) is 8.13. The Morgan fingerprint density at radius 1 is 1.18 bits per heavy atom. The van der Waals surface area contributed by atoms with E-state index in [0.29, 0.717) is 24.2 Å². The van der Waals surface area contributed by atoms with Crippen LogP contribution in [0.1, 0.15) is 55.3 Å². The Balaban J connectivity index is 1.39. The molecule has 0 radical (unpaired) electrons. The topological polar surface area (TPSA) is 66.4 Å². The van der Waals surface area contributed by atoms with E-state index in [1.165, 1.54) is 19.3 Å². The van der Waals surface area contributed by atoms with Crippen molar-refractivity contribution in [3.8, 4) is 0 Å². The van der Waals surface area contributed by atoms with Gasteiger partial charge in [0.2, 0.25) is 0 Å². The highest BCUT2D eigenvalue weighted by atomic mass is 32.1. The molecule has 148 valence electrons. The van der Waals surface area contributed by atoms with Crippen molar-refractivity contribution in [1.29, 1.82) is 0 Å². The van der Waals surface area contributed by atoms with E-state index >= 15 is 0 Å². The van der Waals surface area contributed by atoms with Crippen LogP contribution < -0.4 is 5.32 Å². The van der Waals surface area contributed by atoms with E-state index < -0.39 is 5.97 Å². The minimum absolute atomic E-state index is 0.0565. The molecule has 4 atom stereocenters. The highest BCUT2D eigenvalue weighted by Crippen LogP contribution is 2.50. The highest BCUT2D eigenvalue weighted by Gasteiger charge is 2.47. The summed E-state index contributed by atoms with van der Waals surface area (Å²) in [7, 11) is 0. The summed E-state index contributed by atoms with van der Waals surface area (Å²) in [4.78, 5) is 23.6. The molecule has 2 aliphatic rings. The molecule has 4 unspecified atom stereocenters. The Morgan fingerprint density at radius 3 is 2.89 bits per heavy atom. The van der Waals surface area contributed by atoms with Gasteiger partial charge in [-0.05, 0) is 79.2 Å². The van der Waals surface area contributed by atoms with Crippen LogP contribution in [0.15, 0.2) is 41.8 Å². The molecule has 4 nitrogen and oxygen atoms in total. The van der Waals surface area contributed by atoms with Crippen molar-refractivity contribution >= 4 is 33.3 Å². The van der Waals surface area contributed by atoms with Gasteiger partial charge in [-0.1, -0.05) is 24.3 Å². The number of thiophene rings is 1. The largest absolute Gasteiger partial charge is 0.481 e. The highest BCUT2D eigenvalue weighted by molar-refractivity contribution is 7.17. The van der Waals surface area contributed by atoms with Gasteiger partial charge in [0.15, 0.2) is 0 Å². The molecular weight excluding hydrogens is 370 g/mol. The normalized spacial score (nSPS) is 26.3. The lowest BCUT2D eigenvalue weighted by Gasteiger charge is -2.31. The van der Waals surface area contributed by atoms with Crippen molar-refractivity contribution in [2.45, 2.75) is 51.0 Å². The van der Waals surface area contributed by atoms with E-state index in [1.54, 1.807) is 11.3 Å². The summed E-state index contributed by atoms with van der Waals surface area (Å²) in [5, 5.41) is 15.3. The van der Waals surface area contributed by atoms with Crippen molar-refractivity contribution in [3.63, 3.8) is 0 Å². The maximum absolute atomic E-state index is 13.0. The predicted molar refractivity (Wildman–Crippen MR) is 113 cm³/mol. The number of fused-ring (bicyclic) bond motifs is 3. The number of benzene rings is 1. The van der Waals surface area contributed by atoms with Crippen LogP contribution in [-0.4, -0.2) is 23.0 Å². The number of unbranched alkanes of at least 4 members (excludes halogenated alkanes) is 1. The number of allylic oxidation sites excluding steroid dienone is 2. The second-order valence-corrected chi connectivity index (χ2v) is 9.05. The van der Waals surface area contributed by atoms with Crippen molar-refractivity contribution in [2.24, 2.45) is 17.8 Å². The lowest BCUT2D eigenvalue weighted by atomic mass is 9.82. The quantitative estimate of drug-likeness (QED) is 0.472. The molecule has 2 aromatic rings. The molecule has 2 aliphatic carbocycles. The first-order valence-electron chi connectivity index (χ1n) is 10.3. The van der Waals surface area contributed by atoms with Gasteiger partial charge in [0.25, 0.3) is 5.91 Å². The van der Waals surface area contributed by atoms with Crippen LogP contribution in [-0.2, 0) is 4.79 Å². The summed E-state index contributed by atoms with van der Waals surface area (Å²) in [6.07, 6.45) is 10.7. The van der Waals surface area contributed by atoms with E-state index in [-0.39, 0.29) is 18.4 Å². The molecular formula is C23H27NO3S. The van der Waals surface area contributed by atoms with Gasteiger partial charge in [-0.3, -0.25) is 9.59 Å². The Morgan fingerprint density at radius 2 is 2.04 bits per heavy atom. The number of hydrogen-bond acceptors (Lipinski definition) is 3. The molecule has 0 aliphatic heterocycles. The summed E-state index contributed by atoms with van der Waals surface area (Å²) in [5.74, 6) is 1.13. The maximum atomic E-state index is 13.0. The Hall–Kier alpha value is -2.14. The maximum Gasteiger partial charge on any atom is 0.303 e. The fourth-order valence-electron chi connectivity index (χ4n) is 5.12. The third kappa shape index (κ3) is 4.00. The van der Waals surface area contributed by atoms with Gasteiger partial charge < -0.3 is 10.4 Å². The van der Waals surface area contributed by atoms with E-state index in [1.807, 2.05) is 17.5 Å². The molecule has 2 bridgehead atoms. The van der Waals surface area contributed by atoms with Crippen molar-refractivity contribution in [1.82, 2.24) is 5.32 Å². The lowest BCUT2D eigenvalue weighted by Crippen LogP contribution is -2.43. The zero-order chi connectivity index (χ0) is 19.5. The van der Waals surface area contributed by atoms with Crippen LogP contribution in [0.3, 0.4) is 0 Å². The van der Waals surface area contributed by atoms with Gasteiger partial charge in [-0.15, -0.1) is 11.3 Å². The van der Waals surface area contributed by atoms with Crippen LogP contribution >= 0.6 is 11.3 Å². The number of rotatable bonds is 8. The average Bonchev–Trinajstić information content (AvgIpc) is 3.40. The first kappa shape index (κ1) is 19.2. The molecule has 1 aromatic heterocycles. The molecule has 0 saturated heterocycles. The number of carbonyl (C=O) groups excluding carboxylic acids is 1. The number of nitrogens with one attached hydrogen (secondary N) is 1. The summed E-state index contributed by atoms with van der Waals surface area (Å²) in [6, 6.07) is 8.26. The third-order valence-electron chi connectivity index (χ3n) is 6.45. The van der Waals surface area contributed by atoms with Gasteiger partial charge in [0.1, 0.15) is 0 Å². The van der Waals surface area contributed by atoms with Gasteiger partial charge in [0.05, 0.1) is 5.56 Å². The summed E-state index contributed by atoms with van der Waals surface area (Å²) >= 11 is 1.63. The summed E-state index contributed by atoms with van der Waals surface area (Å²) in [5.41, 5.74) is 0.790. The third-order valence-corrected chi connectivity index (χ3v) is 7.41. The van der Waals surface area contributed by atoms with E-state index in [2.05, 4.69) is 29.6 Å². The van der Waals surface area contributed by atoms with Crippen molar-refractivity contribution in [2.75, 3.05) is 0 Å². The molecule has 0 spiro atoms. The Kier molecular flexibility index (Phi) is 5.81. The Labute approximate surface area is 169 Å². The van der Waals surface area contributed by atoms with Crippen molar-refractivity contribution in [3.05, 3.63) is 47.4 Å². The van der Waals surface area contributed by atoms with Crippen LogP contribution in [0, 0.1) is 17.8 Å². The number of carbonyl (C=O) groups is 2. The van der Waals surface area contributed by atoms with Gasteiger partial charge in [-0.2, -0.15) is 0 Å². The molecule has 2 N–H and O–H groups in total. The molecule has 5 heteroatoms. The fourth-order valence-corrected chi connectivity index (χ4v) is 6.03. The zero-order valence-electron chi connectivity index (χ0n) is 16.0. The SMILES string of the molecule is O=C(O)CCC/C=C\CC1C2CCC(C2)C1NC(=O)c1cccc2ccsc12. The average molecular weight is 398 g/mol. The predicted octanol–water partition coefficient (Wildman–Crippen LogP) is 5.25. The smallest absolute Gasteiger partial charge is 0.303 e. The summed E-state index contributed by atoms with van der Waals surface area (Å²) in [6.45, 7) is 0. The Bertz CT molecular complexity index is 887. The van der Waals surface area contributed by atoms with Gasteiger partial charge >= 0.3 is 5.97 Å². The standard InChI is InChI=1S/C23H27NO3S/c25-20(26)9-4-2-1-3-7-18-16-10-11-17(14-16)21(18)24-23(27)19-8-5-6-15-12-13-28-22(15)19/h1,3,5-6,8,12-13,16-18,21H,2,4,7,9-11,14H2,(H,24,27)(H,25,26)/b3-1-. The van der Waals surface area contributed by atoms with Crippen LogP contribution in [0.4, 0.5) is 0 Å². The molecule has 1 amide bonds. The first-order chi connectivity index (χ1) is 13.6. The minimum atomic E-state index is -0.731.